The third-order valence-electron chi connectivity index (χ3n) is 7.59. The monoisotopic (exact) mass is 526 g/mol. The van der Waals surface area contributed by atoms with E-state index in [4.69, 9.17) is 9.72 Å². The molecule has 11 nitrogen and oxygen atoms in total. The molecule has 3 fully saturated rings. The lowest BCUT2D eigenvalue weighted by Gasteiger charge is -2.52. The van der Waals surface area contributed by atoms with Gasteiger partial charge in [0.15, 0.2) is 11.6 Å². The molecule has 1 saturated carbocycles. The summed E-state index contributed by atoms with van der Waals surface area (Å²) in [7, 11) is -3.08. The first-order valence-corrected chi connectivity index (χ1v) is 14.5. The van der Waals surface area contributed by atoms with Crippen LogP contribution in [0.3, 0.4) is 0 Å². The van der Waals surface area contributed by atoms with Crippen LogP contribution < -0.4 is 20.4 Å². The molecule has 2 N–H and O–H groups in total. The Kier molecular flexibility index (Phi) is 5.83. The Labute approximate surface area is 215 Å². The van der Waals surface area contributed by atoms with Crippen molar-refractivity contribution in [3.63, 3.8) is 0 Å². The average molecular weight is 527 g/mol. The van der Waals surface area contributed by atoms with E-state index in [2.05, 4.69) is 15.6 Å². The first-order chi connectivity index (χ1) is 17.7. The van der Waals surface area contributed by atoms with Crippen LogP contribution in [-0.2, 0) is 19.4 Å². The molecule has 12 heteroatoms. The largest absolute Gasteiger partial charge is 0.377 e. The number of urea groups is 1. The molecule has 1 aromatic heterocycles. The predicted octanol–water partition coefficient (Wildman–Crippen LogP) is 1.95. The SMILES string of the molecule is CC12COCCN1c1nc(-c3ccc(NC(=O)NC4CC4)cc3)ncc1N(C1CCS(=O)(=O)CC1)C2=O. The summed E-state index contributed by atoms with van der Waals surface area (Å²) in [6.45, 7) is 3.08. The second kappa shape index (κ2) is 8.95. The number of sulfone groups is 1. The molecular formula is C25H30N6O5S. The Bertz CT molecular complexity index is 1330. The summed E-state index contributed by atoms with van der Waals surface area (Å²) < 4.78 is 29.8. The Hall–Kier alpha value is -3.25. The van der Waals surface area contributed by atoms with Crippen LogP contribution in [0.5, 0.6) is 0 Å². The summed E-state index contributed by atoms with van der Waals surface area (Å²) in [5.74, 6) is 1.16. The summed E-state index contributed by atoms with van der Waals surface area (Å²) in [5, 5.41) is 5.73. The van der Waals surface area contributed by atoms with Crippen molar-refractivity contribution >= 4 is 39.0 Å². The molecule has 1 unspecified atom stereocenters. The number of amides is 3. The van der Waals surface area contributed by atoms with Crippen molar-refractivity contribution in [3.05, 3.63) is 30.5 Å². The van der Waals surface area contributed by atoms with Gasteiger partial charge in [0.05, 0.1) is 30.9 Å². The van der Waals surface area contributed by atoms with Crippen LogP contribution in [0.4, 0.5) is 22.0 Å². The number of nitrogens with zero attached hydrogens (tertiary/aromatic N) is 4. The van der Waals surface area contributed by atoms with Gasteiger partial charge in [-0.1, -0.05) is 0 Å². The first kappa shape index (κ1) is 24.1. The van der Waals surface area contributed by atoms with Gasteiger partial charge in [-0.15, -0.1) is 0 Å². The average Bonchev–Trinajstić information content (AvgIpc) is 3.69. The van der Waals surface area contributed by atoms with Gasteiger partial charge < -0.3 is 25.2 Å². The Balaban J connectivity index is 1.32. The summed E-state index contributed by atoms with van der Waals surface area (Å²) in [6.07, 6.45) is 4.48. The number of carbonyl (C=O) groups is 2. The van der Waals surface area contributed by atoms with Crippen molar-refractivity contribution in [1.29, 1.82) is 0 Å². The summed E-state index contributed by atoms with van der Waals surface area (Å²) in [4.78, 5) is 39.1. The highest BCUT2D eigenvalue weighted by Crippen LogP contribution is 2.43. The fourth-order valence-corrected chi connectivity index (χ4v) is 6.76. The van der Waals surface area contributed by atoms with Crippen LogP contribution in [0.25, 0.3) is 11.4 Å². The molecule has 1 aromatic carbocycles. The van der Waals surface area contributed by atoms with Crippen molar-refractivity contribution in [2.75, 3.05) is 46.4 Å². The lowest BCUT2D eigenvalue weighted by molar-refractivity contribution is -0.128. The fourth-order valence-electron chi connectivity index (χ4n) is 5.29. The van der Waals surface area contributed by atoms with E-state index >= 15 is 0 Å². The number of morpholine rings is 1. The van der Waals surface area contributed by atoms with Gasteiger partial charge in [-0.3, -0.25) is 4.79 Å². The van der Waals surface area contributed by atoms with Gasteiger partial charge in [0.1, 0.15) is 21.1 Å². The molecule has 2 saturated heterocycles. The van der Waals surface area contributed by atoms with Crippen LogP contribution in [0.1, 0.15) is 32.6 Å². The number of benzene rings is 1. The fraction of sp³-hybridized carbons (Fsp3) is 0.520. The maximum Gasteiger partial charge on any atom is 0.319 e. The molecule has 3 aliphatic heterocycles. The topological polar surface area (TPSA) is 134 Å². The van der Waals surface area contributed by atoms with Crippen molar-refractivity contribution in [2.45, 2.75) is 50.2 Å². The molecule has 1 atom stereocenters. The molecule has 3 amide bonds. The molecule has 4 aliphatic rings. The van der Waals surface area contributed by atoms with Gasteiger partial charge in [0.2, 0.25) is 0 Å². The van der Waals surface area contributed by atoms with Crippen LogP contribution in [-0.4, -0.2) is 79.2 Å². The smallest absolute Gasteiger partial charge is 0.319 e. The maximum absolute atomic E-state index is 13.8. The highest BCUT2D eigenvalue weighted by atomic mass is 32.2. The number of rotatable bonds is 4. The molecule has 1 aliphatic carbocycles. The zero-order chi connectivity index (χ0) is 25.8. The number of anilines is 3. The predicted molar refractivity (Wildman–Crippen MR) is 138 cm³/mol. The lowest BCUT2D eigenvalue weighted by atomic mass is 9.91. The van der Waals surface area contributed by atoms with E-state index in [9.17, 15) is 18.0 Å². The van der Waals surface area contributed by atoms with E-state index in [1.165, 1.54) is 0 Å². The molecule has 6 rings (SSSR count). The van der Waals surface area contributed by atoms with Gasteiger partial charge in [-0.2, -0.15) is 0 Å². The van der Waals surface area contributed by atoms with E-state index in [0.29, 0.717) is 49.0 Å². The molecule has 0 spiro atoms. The Morgan fingerprint density at radius 2 is 1.86 bits per heavy atom. The minimum Gasteiger partial charge on any atom is -0.377 e. The lowest BCUT2D eigenvalue weighted by Crippen LogP contribution is -2.69. The number of carbonyl (C=O) groups excluding carboxylic acids is 2. The quantitative estimate of drug-likeness (QED) is 0.618. The van der Waals surface area contributed by atoms with Crippen molar-refractivity contribution in [2.24, 2.45) is 0 Å². The highest BCUT2D eigenvalue weighted by Gasteiger charge is 2.52. The van der Waals surface area contributed by atoms with Crippen LogP contribution in [0.15, 0.2) is 30.5 Å². The van der Waals surface area contributed by atoms with Crippen molar-refractivity contribution in [3.8, 4) is 11.4 Å². The molecule has 0 radical (unpaired) electrons. The Morgan fingerprint density at radius 1 is 1.14 bits per heavy atom. The molecule has 0 bridgehead atoms. The normalized spacial score (nSPS) is 25.3. The zero-order valence-corrected chi connectivity index (χ0v) is 21.5. The molecule has 196 valence electrons. The van der Waals surface area contributed by atoms with Crippen LogP contribution >= 0.6 is 0 Å². The molecular weight excluding hydrogens is 496 g/mol. The van der Waals surface area contributed by atoms with Crippen molar-refractivity contribution < 1.29 is 22.7 Å². The summed E-state index contributed by atoms with van der Waals surface area (Å²) in [6, 6.07) is 7.14. The van der Waals surface area contributed by atoms with E-state index in [-0.39, 0.29) is 42.1 Å². The summed E-state index contributed by atoms with van der Waals surface area (Å²) >= 11 is 0. The minimum atomic E-state index is -3.08. The number of nitrogens with one attached hydrogen (secondary N) is 2. The van der Waals surface area contributed by atoms with Crippen LogP contribution in [0, 0.1) is 0 Å². The number of hydrogen-bond donors (Lipinski definition) is 2. The van der Waals surface area contributed by atoms with Gasteiger partial charge in [-0.05, 0) is 56.9 Å². The Morgan fingerprint density at radius 3 is 2.57 bits per heavy atom. The molecule has 4 heterocycles. The van der Waals surface area contributed by atoms with E-state index in [1.54, 1.807) is 11.1 Å². The van der Waals surface area contributed by atoms with Gasteiger partial charge in [0, 0.05) is 29.9 Å². The number of hydrogen-bond acceptors (Lipinski definition) is 8. The van der Waals surface area contributed by atoms with Gasteiger partial charge >= 0.3 is 6.03 Å². The highest BCUT2D eigenvalue weighted by molar-refractivity contribution is 7.91. The summed E-state index contributed by atoms with van der Waals surface area (Å²) in [5.41, 5.74) is 1.12. The number of aromatic nitrogens is 2. The molecule has 2 aromatic rings. The maximum atomic E-state index is 13.8. The molecule has 37 heavy (non-hydrogen) atoms. The number of fused-ring (bicyclic) bond motifs is 3. The first-order valence-electron chi connectivity index (χ1n) is 12.7. The second-order valence-corrected chi connectivity index (χ2v) is 12.7. The van der Waals surface area contributed by atoms with E-state index in [0.717, 1.165) is 18.4 Å². The minimum absolute atomic E-state index is 0.0612. The van der Waals surface area contributed by atoms with E-state index in [1.807, 2.05) is 36.1 Å². The second-order valence-electron chi connectivity index (χ2n) is 10.4. The van der Waals surface area contributed by atoms with E-state index < -0.39 is 15.4 Å². The third kappa shape index (κ3) is 4.52. The van der Waals surface area contributed by atoms with Crippen molar-refractivity contribution in [1.82, 2.24) is 15.3 Å². The van der Waals surface area contributed by atoms with Gasteiger partial charge in [-0.25, -0.2) is 23.2 Å². The standard InChI is InChI=1S/C25H30N6O5S/c1-25-15-36-11-10-30(25)22-20(31(23(25)32)19-8-12-37(34,35)13-9-19)14-26-21(29-22)16-2-4-17(5-3-16)27-24(33)28-18-6-7-18/h2-5,14,18-19H,6-13,15H2,1H3,(H2,27,28,33). The zero-order valence-electron chi connectivity index (χ0n) is 20.6. The van der Waals surface area contributed by atoms with Crippen LogP contribution in [0.2, 0.25) is 0 Å². The number of ether oxygens (including phenoxy) is 1. The third-order valence-corrected chi connectivity index (χ3v) is 9.30. The van der Waals surface area contributed by atoms with Gasteiger partial charge in [0.25, 0.3) is 5.91 Å².